The molecule has 9 nitrogen and oxygen atoms in total. The van der Waals surface area contributed by atoms with Crippen molar-refractivity contribution >= 4 is 21.5 Å². The third kappa shape index (κ3) is 6.25. The molecule has 1 aliphatic carbocycles. The molecule has 1 atom stereocenters. The number of aromatic nitrogens is 3. The average Bonchev–Trinajstić information content (AvgIpc) is 3.12. The van der Waals surface area contributed by atoms with Gasteiger partial charge in [-0.05, 0) is 54.9 Å². The summed E-state index contributed by atoms with van der Waals surface area (Å²) in [5.74, 6) is 0.317. The van der Waals surface area contributed by atoms with E-state index in [-0.39, 0.29) is 16.1 Å². The van der Waals surface area contributed by atoms with Crippen LogP contribution in [0.4, 0.5) is 24.8 Å². The van der Waals surface area contributed by atoms with E-state index in [2.05, 4.69) is 33.7 Å². The normalized spacial score (nSPS) is 17.7. The highest BCUT2D eigenvalue weighted by molar-refractivity contribution is 7.91. The zero-order chi connectivity index (χ0) is 29.6. The van der Waals surface area contributed by atoms with Gasteiger partial charge in [-0.3, -0.25) is 0 Å². The number of aliphatic hydroxyl groups excluding tert-OH is 1. The largest absolute Gasteiger partial charge is 0.491 e. The summed E-state index contributed by atoms with van der Waals surface area (Å²) in [7, 11) is -4.26. The molecule has 5 rings (SSSR count). The first-order valence-electron chi connectivity index (χ1n) is 13.3. The Labute approximate surface area is 236 Å². The quantitative estimate of drug-likeness (QED) is 0.435. The summed E-state index contributed by atoms with van der Waals surface area (Å²) in [6.07, 6.45) is -2.84. The lowest BCUT2D eigenvalue weighted by Crippen LogP contribution is -2.31. The first-order valence-corrected chi connectivity index (χ1v) is 15.0. The molecule has 3 heterocycles. The summed E-state index contributed by atoms with van der Waals surface area (Å²) in [6, 6.07) is 6.75. The monoisotopic (exact) mass is 591 g/mol. The Kier molecular flexibility index (Phi) is 7.62. The van der Waals surface area contributed by atoms with Crippen molar-refractivity contribution in [2.24, 2.45) is 5.41 Å². The Morgan fingerprint density at radius 1 is 1.17 bits per heavy atom. The van der Waals surface area contributed by atoms with E-state index in [9.17, 15) is 26.7 Å². The van der Waals surface area contributed by atoms with E-state index in [0.29, 0.717) is 36.6 Å². The molecule has 3 N–H and O–H groups in total. The van der Waals surface area contributed by atoms with Crippen molar-refractivity contribution in [3.05, 3.63) is 53.6 Å². The molecule has 0 amide bonds. The van der Waals surface area contributed by atoms with Crippen LogP contribution in [0.3, 0.4) is 0 Å². The Hall–Kier alpha value is -3.45. The fourth-order valence-corrected chi connectivity index (χ4v) is 6.72. The lowest BCUT2D eigenvalue weighted by molar-refractivity contribution is -0.203. The smallest absolute Gasteiger partial charge is 0.414 e. The molecular formula is C28H32F3N5O4S. The summed E-state index contributed by atoms with van der Waals surface area (Å²) in [4.78, 5) is 15.0. The van der Waals surface area contributed by atoms with E-state index >= 15 is 0 Å². The van der Waals surface area contributed by atoms with Gasteiger partial charge in [-0.2, -0.15) is 13.2 Å². The molecule has 13 heteroatoms. The number of rotatable bonds is 6. The predicted octanol–water partition coefficient (Wildman–Crippen LogP) is 4.12. The van der Waals surface area contributed by atoms with Crippen molar-refractivity contribution in [3.8, 4) is 16.9 Å². The van der Waals surface area contributed by atoms with Crippen LogP contribution in [-0.2, 0) is 29.2 Å². The van der Waals surface area contributed by atoms with Crippen molar-refractivity contribution in [1.29, 1.82) is 0 Å². The van der Waals surface area contributed by atoms with Crippen molar-refractivity contribution < 1.29 is 31.4 Å². The summed E-state index contributed by atoms with van der Waals surface area (Å²) in [6.45, 7) is 6.05. The van der Waals surface area contributed by atoms with Crippen molar-refractivity contribution in [1.82, 2.24) is 15.0 Å². The minimum Gasteiger partial charge on any atom is -0.491 e. The highest BCUT2D eigenvalue weighted by Gasteiger charge is 2.39. The molecule has 0 spiro atoms. The maximum Gasteiger partial charge on any atom is 0.414 e. The molecule has 0 fully saturated rings. The van der Waals surface area contributed by atoms with Gasteiger partial charge in [0, 0.05) is 35.1 Å². The SMILES string of the molecule is CC1(C)CCc2ncnc(N3CCOc4ccc(-c5cnc(N)c(S(=O)(=O)CCC(O)C(F)(F)F)c5)cc4C3)c2C1. The van der Waals surface area contributed by atoms with Crippen LogP contribution in [-0.4, -0.2) is 59.7 Å². The maximum absolute atomic E-state index is 12.9. The number of benzene rings is 1. The van der Waals surface area contributed by atoms with Gasteiger partial charge < -0.3 is 20.5 Å². The van der Waals surface area contributed by atoms with Crippen LogP contribution in [0.1, 0.15) is 43.5 Å². The van der Waals surface area contributed by atoms with Gasteiger partial charge >= 0.3 is 6.18 Å². The molecule has 1 unspecified atom stereocenters. The molecule has 220 valence electrons. The molecule has 0 saturated carbocycles. The fraction of sp³-hybridized carbons (Fsp3) is 0.464. The van der Waals surface area contributed by atoms with Crippen molar-refractivity contribution in [3.63, 3.8) is 0 Å². The number of sulfone groups is 1. The summed E-state index contributed by atoms with van der Waals surface area (Å²) >= 11 is 0. The van der Waals surface area contributed by atoms with Gasteiger partial charge in [0.1, 0.15) is 35.2 Å². The fourth-order valence-electron chi connectivity index (χ4n) is 5.29. The molecule has 2 aromatic heterocycles. The summed E-state index contributed by atoms with van der Waals surface area (Å²) in [5, 5.41) is 9.27. The number of ether oxygens (including phenoxy) is 1. The molecule has 3 aromatic rings. The first kappa shape index (κ1) is 29.1. The number of aryl methyl sites for hydroxylation is 1. The maximum atomic E-state index is 12.9. The van der Waals surface area contributed by atoms with Gasteiger partial charge in [0.15, 0.2) is 15.9 Å². The molecule has 1 aromatic carbocycles. The van der Waals surface area contributed by atoms with Gasteiger partial charge in [0.25, 0.3) is 0 Å². The number of nitrogen functional groups attached to an aromatic ring is 1. The number of fused-ring (bicyclic) bond motifs is 2. The van der Waals surface area contributed by atoms with Crippen LogP contribution in [0, 0.1) is 5.41 Å². The highest BCUT2D eigenvalue weighted by atomic mass is 32.2. The second-order valence-electron chi connectivity index (χ2n) is 11.3. The Morgan fingerprint density at radius 3 is 2.71 bits per heavy atom. The van der Waals surface area contributed by atoms with Gasteiger partial charge in [0.05, 0.1) is 12.3 Å². The zero-order valence-electron chi connectivity index (χ0n) is 22.8. The van der Waals surface area contributed by atoms with Gasteiger partial charge in [-0.15, -0.1) is 0 Å². The molecule has 41 heavy (non-hydrogen) atoms. The molecule has 2 aliphatic rings. The number of hydrogen-bond acceptors (Lipinski definition) is 9. The van der Waals surface area contributed by atoms with E-state index in [4.69, 9.17) is 10.5 Å². The van der Waals surface area contributed by atoms with E-state index in [0.717, 1.165) is 41.9 Å². The lowest BCUT2D eigenvalue weighted by atomic mass is 9.76. The highest BCUT2D eigenvalue weighted by Crippen LogP contribution is 2.39. The number of anilines is 2. The average molecular weight is 592 g/mol. The molecule has 0 bridgehead atoms. The number of nitrogens with zero attached hydrogens (tertiary/aromatic N) is 4. The van der Waals surface area contributed by atoms with Crippen molar-refractivity contribution in [2.45, 2.75) is 63.3 Å². The zero-order valence-corrected chi connectivity index (χ0v) is 23.6. The number of alkyl halides is 3. The summed E-state index contributed by atoms with van der Waals surface area (Å²) in [5.41, 5.74) is 10.1. The number of pyridine rings is 1. The molecule has 1 aliphatic heterocycles. The van der Waals surface area contributed by atoms with Crippen LogP contribution in [0.2, 0.25) is 0 Å². The Balaban J connectivity index is 1.44. The Morgan fingerprint density at radius 2 is 1.95 bits per heavy atom. The van der Waals surface area contributed by atoms with E-state index in [1.807, 2.05) is 6.07 Å². The topological polar surface area (TPSA) is 132 Å². The lowest BCUT2D eigenvalue weighted by Gasteiger charge is -2.33. The minimum absolute atomic E-state index is 0.144. The predicted molar refractivity (Wildman–Crippen MR) is 147 cm³/mol. The van der Waals surface area contributed by atoms with E-state index < -0.39 is 34.3 Å². The number of nitrogens with two attached hydrogens (primary N) is 1. The third-order valence-electron chi connectivity index (χ3n) is 7.63. The molecule has 0 saturated heterocycles. The van der Waals surface area contributed by atoms with Crippen LogP contribution >= 0.6 is 0 Å². The van der Waals surface area contributed by atoms with E-state index in [1.165, 1.54) is 12.3 Å². The van der Waals surface area contributed by atoms with Crippen LogP contribution in [0.15, 0.2) is 41.7 Å². The van der Waals surface area contributed by atoms with Crippen molar-refractivity contribution in [2.75, 3.05) is 29.5 Å². The van der Waals surface area contributed by atoms with Crippen LogP contribution < -0.4 is 15.4 Å². The van der Waals surface area contributed by atoms with Gasteiger partial charge in [-0.25, -0.2) is 23.4 Å². The third-order valence-corrected chi connectivity index (χ3v) is 9.40. The van der Waals surface area contributed by atoms with Gasteiger partial charge in [0.2, 0.25) is 0 Å². The number of halogens is 3. The Bertz CT molecular complexity index is 1560. The number of aliphatic hydroxyl groups is 1. The first-order chi connectivity index (χ1) is 19.2. The minimum atomic E-state index is -4.92. The summed E-state index contributed by atoms with van der Waals surface area (Å²) < 4.78 is 69.9. The van der Waals surface area contributed by atoms with E-state index in [1.54, 1.807) is 18.5 Å². The molecule has 0 radical (unpaired) electrons. The number of hydrogen-bond donors (Lipinski definition) is 2. The van der Waals surface area contributed by atoms with Crippen LogP contribution in [0.25, 0.3) is 11.1 Å². The second-order valence-corrected chi connectivity index (χ2v) is 13.4. The standard InChI is InChI=1S/C28H32F3N5O4S/c1-27(2)7-5-21-20(13-27)26(35-16-34-21)36-8-9-40-22-4-3-17(11-19(22)15-36)18-12-23(25(32)33-14-18)41(38,39)10-6-24(37)28(29,30)31/h3-4,11-12,14,16,24,37H,5-10,13,15H2,1-2H3,(H2,32,33). The molecular weight excluding hydrogens is 559 g/mol. The van der Waals surface area contributed by atoms with Gasteiger partial charge in [-0.1, -0.05) is 19.9 Å². The second kappa shape index (κ2) is 10.8. The van der Waals surface area contributed by atoms with Crippen LogP contribution in [0.5, 0.6) is 5.75 Å².